The molecule has 2 unspecified atom stereocenters. The molecule has 158 valence electrons. The molecule has 1 amide bonds. The number of piperazine rings is 1. The van der Waals surface area contributed by atoms with E-state index in [1.807, 2.05) is 11.9 Å². The Balaban J connectivity index is 1.63. The van der Waals surface area contributed by atoms with Gasteiger partial charge in [-0.1, -0.05) is 0 Å². The van der Waals surface area contributed by atoms with Gasteiger partial charge in [0.2, 0.25) is 11.6 Å². The number of hydrogen-bond donors (Lipinski definition) is 2. The number of nitrogens with zero attached hydrogens (tertiary/aromatic N) is 2. The van der Waals surface area contributed by atoms with Gasteiger partial charge < -0.3 is 34.7 Å². The maximum Gasteiger partial charge on any atom is 0.404 e. The molecule has 5 rings (SSSR count). The van der Waals surface area contributed by atoms with E-state index in [1.165, 1.54) is 7.11 Å². The highest BCUT2D eigenvalue weighted by molar-refractivity contribution is 6.17. The standard InChI is InChI=1S/C18H23N3O8/c1-20-10-5-21-12-11(8(7-27-16(19)24)17(21,25)14(10)20)15(23)18(28-3-4-29-18)9(6-26-2)13(12)22/h8-10,14,25H,3-7H2,1-2H3,(H2,19,24)/t8-,9?,10-,14-,17+,20?/m0/s1. The molecule has 0 aromatic rings. The van der Waals surface area contributed by atoms with E-state index in [0.29, 0.717) is 6.54 Å². The minimum absolute atomic E-state index is 0.0452. The van der Waals surface area contributed by atoms with Gasteiger partial charge in [-0.2, -0.15) is 0 Å². The average Bonchev–Trinajstić information content (AvgIpc) is 3.02. The topological polar surface area (TPSA) is 141 Å². The van der Waals surface area contributed by atoms with Crippen LogP contribution in [-0.2, 0) is 28.5 Å². The number of allylic oxidation sites excluding steroid dienone is 1. The molecule has 0 aromatic heterocycles. The Hall–Kier alpha value is -2.05. The lowest BCUT2D eigenvalue weighted by Gasteiger charge is -2.38. The molecule has 3 fully saturated rings. The van der Waals surface area contributed by atoms with Gasteiger partial charge in [0.1, 0.15) is 12.5 Å². The summed E-state index contributed by atoms with van der Waals surface area (Å²) in [6, 6.07) is -0.249. The van der Waals surface area contributed by atoms with Crippen molar-refractivity contribution in [1.29, 1.82) is 0 Å². The van der Waals surface area contributed by atoms with Crippen molar-refractivity contribution in [3.63, 3.8) is 0 Å². The largest absolute Gasteiger partial charge is 0.449 e. The molecule has 11 heteroatoms. The van der Waals surface area contributed by atoms with Crippen molar-refractivity contribution in [2.45, 2.75) is 23.6 Å². The van der Waals surface area contributed by atoms with Crippen LogP contribution in [0.1, 0.15) is 0 Å². The maximum absolute atomic E-state index is 13.7. The van der Waals surface area contributed by atoms with E-state index in [1.54, 1.807) is 4.90 Å². The van der Waals surface area contributed by atoms with Crippen LogP contribution in [0, 0.1) is 11.8 Å². The Morgan fingerprint density at radius 3 is 2.59 bits per heavy atom. The number of amides is 1. The van der Waals surface area contributed by atoms with E-state index in [4.69, 9.17) is 24.7 Å². The highest BCUT2D eigenvalue weighted by Crippen LogP contribution is 2.59. The quantitative estimate of drug-likeness (QED) is 0.492. The molecule has 0 radical (unpaired) electrons. The first-order valence-corrected chi connectivity index (χ1v) is 9.53. The lowest BCUT2D eigenvalue weighted by atomic mass is 9.75. The number of aliphatic hydroxyl groups is 1. The van der Waals surface area contributed by atoms with Crippen LogP contribution in [-0.4, -0.2) is 103 Å². The van der Waals surface area contributed by atoms with Crippen molar-refractivity contribution in [2.24, 2.45) is 17.6 Å². The summed E-state index contributed by atoms with van der Waals surface area (Å²) in [7, 11) is 3.29. The van der Waals surface area contributed by atoms with Gasteiger partial charge in [0.25, 0.3) is 0 Å². The predicted molar refractivity (Wildman–Crippen MR) is 93.1 cm³/mol. The van der Waals surface area contributed by atoms with Crippen molar-refractivity contribution >= 4 is 17.7 Å². The summed E-state index contributed by atoms with van der Waals surface area (Å²) >= 11 is 0. The number of Topliss-reactive ketones (excluding diaryl/α,β-unsaturated/α-hetero) is 2. The van der Waals surface area contributed by atoms with Crippen molar-refractivity contribution in [2.75, 3.05) is 47.1 Å². The molecule has 0 saturated carbocycles. The molecule has 0 aromatic carbocycles. The number of methoxy groups -OCH3 is 1. The molecule has 4 heterocycles. The van der Waals surface area contributed by atoms with Gasteiger partial charge in [0.15, 0.2) is 11.5 Å². The predicted octanol–water partition coefficient (Wildman–Crippen LogP) is -2.19. The molecule has 29 heavy (non-hydrogen) atoms. The second-order valence-electron chi connectivity index (χ2n) is 8.08. The second-order valence-corrected chi connectivity index (χ2v) is 8.08. The van der Waals surface area contributed by atoms with Gasteiger partial charge in [-0.3, -0.25) is 14.5 Å². The smallest absolute Gasteiger partial charge is 0.404 e. The van der Waals surface area contributed by atoms with Crippen molar-refractivity contribution < 1.29 is 38.4 Å². The first kappa shape index (κ1) is 18.9. The number of fused-ring (bicyclic) bond motifs is 4. The Morgan fingerprint density at radius 2 is 1.97 bits per heavy atom. The first-order valence-electron chi connectivity index (χ1n) is 9.53. The van der Waals surface area contributed by atoms with E-state index in [0.717, 1.165) is 0 Å². The maximum atomic E-state index is 13.7. The molecule has 3 N–H and O–H groups in total. The lowest BCUT2D eigenvalue weighted by molar-refractivity contribution is -0.205. The van der Waals surface area contributed by atoms with Gasteiger partial charge in [-0.05, 0) is 7.05 Å². The normalized spacial score (nSPS) is 41.6. The summed E-state index contributed by atoms with van der Waals surface area (Å²) in [5, 5.41) is 11.7. The fourth-order valence-corrected chi connectivity index (χ4v) is 5.59. The summed E-state index contributed by atoms with van der Waals surface area (Å²) < 4.78 is 21.5. The minimum atomic E-state index is -1.79. The Morgan fingerprint density at radius 1 is 1.28 bits per heavy atom. The minimum Gasteiger partial charge on any atom is -0.449 e. The number of likely N-dealkylation sites (N-methyl/N-ethyl adjacent to an activating group) is 1. The Labute approximate surface area is 166 Å². The van der Waals surface area contributed by atoms with Crippen LogP contribution in [0.3, 0.4) is 0 Å². The Bertz CT molecular complexity index is 837. The van der Waals surface area contributed by atoms with E-state index >= 15 is 0 Å². The summed E-state index contributed by atoms with van der Waals surface area (Å²) in [6.07, 6.45) is -1.03. The number of ether oxygens (including phenoxy) is 4. The zero-order valence-corrected chi connectivity index (χ0v) is 16.1. The second kappa shape index (κ2) is 5.99. The molecule has 6 atom stereocenters. The third kappa shape index (κ3) is 2.16. The summed E-state index contributed by atoms with van der Waals surface area (Å²) in [5.41, 5.74) is 3.78. The summed E-state index contributed by atoms with van der Waals surface area (Å²) in [5.74, 6) is -4.65. The fourth-order valence-electron chi connectivity index (χ4n) is 5.59. The molecule has 1 spiro atoms. The third-order valence-corrected chi connectivity index (χ3v) is 6.87. The van der Waals surface area contributed by atoms with E-state index in [2.05, 4.69) is 0 Å². The summed E-state index contributed by atoms with van der Waals surface area (Å²) in [4.78, 5) is 42.0. The molecule has 4 aliphatic heterocycles. The van der Waals surface area contributed by atoms with Crippen LogP contribution in [0.15, 0.2) is 11.3 Å². The fraction of sp³-hybridized carbons (Fsp3) is 0.722. The monoisotopic (exact) mass is 409 g/mol. The van der Waals surface area contributed by atoms with Gasteiger partial charge in [-0.25, -0.2) is 4.79 Å². The van der Waals surface area contributed by atoms with Gasteiger partial charge in [0.05, 0.1) is 37.5 Å². The van der Waals surface area contributed by atoms with Crippen molar-refractivity contribution in [1.82, 2.24) is 9.80 Å². The SMILES string of the molecule is COCC1C(=O)C2=C(C(=O)C13OCCO3)[C@H](COC(N)=O)[C@@]1(O)[C@@H]3[C@H](CN21)N3C. The molecule has 11 nitrogen and oxygen atoms in total. The van der Waals surface area contributed by atoms with Crippen LogP contribution in [0.5, 0.6) is 0 Å². The van der Waals surface area contributed by atoms with Crippen LogP contribution in [0.2, 0.25) is 0 Å². The first-order chi connectivity index (χ1) is 13.8. The van der Waals surface area contributed by atoms with Crippen LogP contribution in [0.25, 0.3) is 0 Å². The number of ketones is 2. The van der Waals surface area contributed by atoms with Crippen molar-refractivity contribution in [3.05, 3.63) is 11.3 Å². The summed E-state index contributed by atoms with van der Waals surface area (Å²) in [6.45, 7) is 0.305. The van der Waals surface area contributed by atoms with Crippen LogP contribution >= 0.6 is 0 Å². The number of carbonyl (C=O) groups excluding carboxylic acids is 3. The number of nitrogens with two attached hydrogens (primary N) is 1. The molecule has 0 bridgehead atoms. The number of primary amides is 1. The van der Waals surface area contributed by atoms with E-state index in [-0.39, 0.29) is 55.6 Å². The number of carbonyl (C=O) groups is 3. The zero-order valence-electron chi connectivity index (χ0n) is 16.1. The molecule has 5 aliphatic rings. The van der Waals surface area contributed by atoms with E-state index < -0.39 is 35.2 Å². The highest BCUT2D eigenvalue weighted by Gasteiger charge is 2.76. The Kier molecular flexibility index (Phi) is 3.91. The van der Waals surface area contributed by atoms with Gasteiger partial charge >= 0.3 is 6.09 Å². The van der Waals surface area contributed by atoms with Crippen molar-refractivity contribution in [3.8, 4) is 0 Å². The molecule has 1 aliphatic carbocycles. The zero-order chi connectivity index (χ0) is 20.7. The van der Waals surface area contributed by atoms with Crippen LogP contribution < -0.4 is 5.73 Å². The van der Waals surface area contributed by atoms with Gasteiger partial charge in [-0.15, -0.1) is 0 Å². The lowest BCUT2D eigenvalue weighted by Crippen LogP contribution is -2.57. The average molecular weight is 409 g/mol. The number of hydrogen-bond acceptors (Lipinski definition) is 10. The van der Waals surface area contributed by atoms with Gasteiger partial charge in [0, 0.05) is 25.3 Å². The molecular weight excluding hydrogens is 386 g/mol. The highest BCUT2D eigenvalue weighted by atomic mass is 16.7. The molecular formula is C18H23N3O8. The molecule has 3 saturated heterocycles. The third-order valence-electron chi connectivity index (χ3n) is 6.87. The van der Waals surface area contributed by atoms with E-state index in [9.17, 15) is 19.5 Å². The number of rotatable bonds is 4. The van der Waals surface area contributed by atoms with Crippen LogP contribution in [0.4, 0.5) is 4.79 Å².